The van der Waals surface area contributed by atoms with Gasteiger partial charge in [-0.25, -0.2) is 18.7 Å². The van der Waals surface area contributed by atoms with E-state index in [2.05, 4.69) is 22.2 Å². The first-order valence-electron chi connectivity index (χ1n) is 11.3. The molecule has 1 amide bonds. The number of hydrogen-bond donors (Lipinski definition) is 3. The zero-order chi connectivity index (χ0) is 25.5. The largest absolute Gasteiger partial charge is 0.492 e. The van der Waals surface area contributed by atoms with Crippen molar-refractivity contribution in [2.75, 3.05) is 31.2 Å². The lowest BCUT2D eigenvalue weighted by Gasteiger charge is -2.19. The molecule has 8 nitrogen and oxygen atoms in total. The highest BCUT2D eigenvalue weighted by Crippen LogP contribution is 2.41. The van der Waals surface area contributed by atoms with Crippen LogP contribution in [0.25, 0.3) is 10.2 Å². The number of nitrogens with two attached hydrogens (primary N) is 1. The van der Waals surface area contributed by atoms with Gasteiger partial charge in [0.1, 0.15) is 22.7 Å². The molecular weight excluding hydrogens is 474 g/mol. The number of thiophene rings is 1. The number of rotatable bonds is 8. The van der Waals surface area contributed by atoms with Gasteiger partial charge in [-0.05, 0) is 43.7 Å². The van der Waals surface area contributed by atoms with Gasteiger partial charge in [0.15, 0.2) is 0 Å². The first kappa shape index (κ1) is 26.3. The molecule has 1 aromatic carbocycles. The van der Waals surface area contributed by atoms with Crippen molar-refractivity contribution in [3.63, 3.8) is 0 Å². The van der Waals surface area contributed by atoms with Crippen LogP contribution in [0, 0.1) is 11.3 Å². The Hall–Kier alpha value is -3.34. The Labute approximate surface area is 207 Å². The van der Waals surface area contributed by atoms with Crippen molar-refractivity contribution >= 4 is 51.4 Å². The second-order valence-corrected chi connectivity index (χ2v) is 9.45. The third kappa shape index (κ3) is 6.41. The monoisotopic (exact) mass is 504 g/mol. The Morgan fingerprint density at radius 3 is 2.80 bits per heavy atom. The number of fused-ring (bicyclic) bond motifs is 3. The second-order valence-electron chi connectivity index (χ2n) is 8.37. The number of aromatic nitrogens is 2. The molecule has 11 heteroatoms. The number of anilines is 3. The van der Waals surface area contributed by atoms with Gasteiger partial charge in [0, 0.05) is 35.5 Å². The molecule has 0 fully saturated rings. The highest BCUT2D eigenvalue weighted by atomic mass is 32.1. The van der Waals surface area contributed by atoms with Crippen LogP contribution in [0.3, 0.4) is 0 Å². The Morgan fingerprint density at radius 1 is 1.40 bits per heavy atom. The van der Waals surface area contributed by atoms with Gasteiger partial charge in [0.2, 0.25) is 6.41 Å². The highest BCUT2D eigenvalue weighted by Gasteiger charge is 2.23. The summed E-state index contributed by atoms with van der Waals surface area (Å²) < 4.78 is 28.3. The summed E-state index contributed by atoms with van der Waals surface area (Å²) in [6.45, 7) is 4.29. The van der Waals surface area contributed by atoms with E-state index < -0.39 is 13.0 Å². The summed E-state index contributed by atoms with van der Waals surface area (Å²) in [4.78, 5) is 22.0. The van der Waals surface area contributed by atoms with Crippen LogP contribution in [0.1, 0.15) is 36.3 Å². The van der Waals surface area contributed by atoms with Crippen LogP contribution < -0.4 is 15.8 Å². The predicted octanol–water partition coefficient (Wildman–Crippen LogP) is 4.88. The summed E-state index contributed by atoms with van der Waals surface area (Å²) in [6, 6.07) is 3.59. The number of nitrogens with one attached hydrogen (secondary N) is 2. The number of hydrogen-bond acceptors (Lipinski definition) is 8. The molecule has 2 aromatic heterocycles. The first-order chi connectivity index (χ1) is 16.8. The Bertz CT molecular complexity index is 1190. The molecule has 188 valence electrons. The number of benzene rings is 1. The quantitative estimate of drug-likeness (QED) is 0.229. The molecule has 2 heterocycles. The maximum atomic E-state index is 11.3. The van der Waals surface area contributed by atoms with E-state index in [1.165, 1.54) is 30.1 Å². The Kier molecular flexibility index (Phi) is 8.91. The summed E-state index contributed by atoms with van der Waals surface area (Å²) in [5.41, 5.74) is 9.32. The molecule has 0 saturated carbocycles. The van der Waals surface area contributed by atoms with Crippen LogP contribution in [0.15, 0.2) is 18.5 Å². The van der Waals surface area contributed by atoms with E-state index >= 15 is 0 Å². The topological polar surface area (TPSA) is 117 Å². The average Bonchev–Trinajstić information content (AvgIpc) is 3.19. The van der Waals surface area contributed by atoms with E-state index in [-0.39, 0.29) is 0 Å². The van der Waals surface area contributed by atoms with E-state index in [0.29, 0.717) is 35.9 Å². The number of ether oxygens (including phenoxy) is 1. The van der Waals surface area contributed by atoms with Crippen LogP contribution in [-0.2, 0) is 17.6 Å². The number of nitrogens with zero attached hydrogens (tertiary/aromatic N) is 3. The molecule has 4 rings (SSSR count). The zero-order valence-corrected chi connectivity index (χ0v) is 20.8. The van der Waals surface area contributed by atoms with E-state index in [0.717, 1.165) is 39.5 Å². The molecule has 4 N–H and O–H groups in total. The fourth-order valence-electron chi connectivity index (χ4n) is 3.87. The Morgan fingerprint density at radius 2 is 2.17 bits per heavy atom. The SMILES string of the molecule is CCOc1cc(N)c(C=N)cc1Nc1ncnc2sc3c(c12)CCC(C)C3.CN(C=O)CC(F)F. The van der Waals surface area contributed by atoms with Crippen molar-refractivity contribution in [2.45, 2.75) is 39.5 Å². The number of carbonyl (C=O) groups excluding carboxylic acids is 1. The summed E-state index contributed by atoms with van der Waals surface area (Å²) in [7, 11) is 1.30. The number of alkyl halides is 2. The lowest BCUT2D eigenvalue weighted by Crippen LogP contribution is -2.22. The molecule has 1 aliphatic carbocycles. The van der Waals surface area contributed by atoms with Crippen LogP contribution in [0.5, 0.6) is 5.75 Å². The number of halogens is 2. The molecule has 0 radical (unpaired) electrons. The number of nitrogen functional groups attached to an aromatic ring is 1. The minimum Gasteiger partial charge on any atom is -0.492 e. The van der Waals surface area contributed by atoms with Crippen molar-refractivity contribution in [3.8, 4) is 5.75 Å². The van der Waals surface area contributed by atoms with Gasteiger partial charge in [-0.15, -0.1) is 11.3 Å². The van der Waals surface area contributed by atoms with Gasteiger partial charge in [0.05, 0.1) is 24.2 Å². The van der Waals surface area contributed by atoms with Crippen LogP contribution >= 0.6 is 11.3 Å². The van der Waals surface area contributed by atoms with Gasteiger partial charge in [-0.3, -0.25) is 4.79 Å². The standard InChI is InChI=1S/C20H23N5OS.C4H7F2NO/c1-3-26-16-8-14(22)12(9-21)7-15(16)25-19-18-13-5-4-11(2)6-17(13)27-20(18)24-10-23-19;1-7(3-8)2-4(5)6/h7-11,21H,3-6,22H2,1-2H3,(H,23,24,25);3-4H,2H2,1H3. The smallest absolute Gasteiger partial charge is 0.255 e. The molecule has 1 atom stereocenters. The van der Waals surface area contributed by atoms with Gasteiger partial charge in [-0.1, -0.05) is 6.92 Å². The number of carbonyl (C=O) groups is 1. The molecule has 0 aliphatic heterocycles. The third-order valence-corrected chi connectivity index (χ3v) is 6.75. The molecular formula is C24H30F2N6O2S. The summed E-state index contributed by atoms with van der Waals surface area (Å²) in [5.74, 6) is 2.16. The van der Waals surface area contributed by atoms with Crippen LogP contribution in [0.2, 0.25) is 0 Å². The van der Waals surface area contributed by atoms with E-state index in [9.17, 15) is 13.6 Å². The fraction of sp³-hybridized carbons (Fsp3) is 0.417. The summed E-state index contributed by atoms with van der Waals surface area (Å²) in [6.07, 6.45) is 4.16. The van der Waals surface area contributed by atoms with Gasteiger partial charge in [0.25, 0.3) is 6.43 Å². The van der Waals surface area contributed by atoms with Crippen LogP contribution in [0.4, 0.5) is 26.0 Å². The third-order valence-electron chi connectivity index (χ3n) is 5.59. The van der Waals surface area contributed by atoms with Crippen molar-refractivity contribution in [2.24, 2.45) is 5.92 Å². The van der Waals surface area contributed by atoms with Gasteiger partial charge >= 0.3 is 0 Å². The molecule has 35 heavy (non-hydrogen) atoms. The van der Waals surface area contributed by atoms with Gasteiger partial charge in [-0.2, -0.15) is 0 Å². The van der Waals surface area contributed by atoms with E-state index in [1.807, 2.05) is 13.0 Å². The van der Waals surface area contributed by atoms with Crippen LogP contribution in [-0.4, -0.2) is 54.1 Å². The van der Waals surface area contributed by atoms with Gasteiger partial charge < -0.3 is 26.1 Å². The summed E-state index contributed by atoms with van der Waals surface area (Å²) >= 11 is 1.77. The summed E-state index contributed by atoms with van der Waals surface area (Å²) in [5, 5.41) is 12.1. The zero-order valence-electron chi connectivity index (χ0n) is 20.0. The maximum Gasteiger partial charge on any atom is 0.255 e. The lowest BCUT2D eigenvalue weighted by atomic mass is 9.89. The highest BCUT2D eigenvalue weighted by molar-refractivity contribution is 7.19. The van der Waals surface area contributed by atoms with E-state index in [1.54, 1.807) is 23.7 Å². The minimum absolute atomic E-state index is 0.367. The second kappa shape index (κ2) is 11.9. The number of amides is 1. The van der Waals surface area contributed by atoms with Crippen molar-refractivity contribution in [1.82, 2.24) is 14.9 Å². The minimum atomic E-state index is -2.43. The maximum absolute atomic E-state index is 11.3. The lowest BCUT2D eigenvalue weighted by molar-refractivity contribution is -0.118. The van der Waals surface area contributed by atoms with Crippen molar-refractivity contribution < 1.29 is 18.3 Å². The van der Waals surface area contributed by atoms with E-state index in [4.69, 9.17) is 15.9 Å². The molecule has 0 spiro atoms. The number of aryl methyl sites for hydroxylation is 1. The molecule has 3 aromatic rings. The van der Waals surface area contributed by atoms with Crippen molar-refractivity contribution in [3.05, 3.63) is 34.5 Å². The fourth-order valence-corrected chi connectivity index (χ4v) is 5.22. The predicted molar refractivity (Wildman–Crippen MR) is 136 cm³/mol. The molecule has 1 unspecified atom stereocenters. The molecule has 0 bridgehead atoms. The first-order valence-corrected chi connectivity index (χ1v) is 12.1. The Balaban J connectivity index is 0.000000371. The molecule has 1 aliphatic rings. The van der Waals surface area contributed by atoms with Crippen molar-refractivity contribution in [1.29, 1.82) is 5.41 Å². The average molecular weight is 505 g/mol. The molecule has 0 saturated heterocycles. The normalized spacial score (nSPS) is 14.6.